The van der Waals surface area contributed by atoms with Crippen LogP contribution in [0.1, 0.15) is 28.2 Å². The molecule has 4 rings (SSSR count). The van der Waals surface area contributed by atoms with Gasteiger partial charge in [-0.3, -0.25) is 19.1 Å². The van der Waals surface area contributed by atoms with Gasteiger partial charge in [0, 0.05) is 26.1 Å². The summed E-state index contributed by atoms with van der Waals surface area (Å²) in [4.78, 5) is 40.8. The molecule has 7 nitrogen and oxygen atoms in total. The Kier molecular flexibility index (Phi) is 5.59. The predicted octanol–water partition coefficient (Wildman–Crippen LogP) is 3.04. The first kappa shape index (κ1) is 20.2. The molecule has 1 N–H and O–H groups in total. The van der Waals surface area contributed by atoms with Crippen LogP contribution in [-0.4, -0.2) is 39.2 Å². The van der Waals surface area contributed by atoms with Crippen molar-refractivity contribution >= 4 is 28.8 Å². The molecule has 3 aromatic rings. The highest BCUT2D eigenvalue weighted by molar-refractivity contribution is 7.12. The van der Waals surface area contributed by atoms with Crippen LogP contribution in [0.4, 0.5) is 5.69 Å². The van der Waals surface area contributed by atoms with Gasteiger partial charge in [0.15, 0.2) is 0 Å². The number of aromatic nitrogens is 2. The Morgan fingerprint density at radius 3 is 2.40 bits per heavy atom. The average Bonchev–Trinajstić information content (AvgIpc) is 3.38. The third-order valence-electron chi connectivity index (χ3n) is 5.69. The first-order chi connectivity index (χ1) is 14.5. The monoisotopic (exact) mass is 424 g/mol. The molecule has 0 unspecified atom stereocenters. The smallest absolute Gasteiger partial charge is 0.295 e. The van der Waals surface area contributed by atoms with Gasteiger partial charge in [0.25, 0.3) is 11.5 Å². The lowest BCUT2D eigenvalue weighted by molar-refractivity contribution is -0.121. The average molecular weight is 425 g/mol. The fourth-order valence-corrected chi connectivity index (χ4v) is 4.53. The largest absolute Gasteiger partial charge is 0.338 e. The van der Waals surface area contributed by atoms with E-state index in [1.807, 2.05) is 54.8 Å². The number of benzene rings is 1. The maximum absolute atomic E-state index is 13.0. The zero-order chi connectivity index (χ0) is 21.3. The SMILES string of the molecule is Cc1c(NC(=O)C2CCN(C(=O)c3cccs3)CC2)c(=O)n(-c2ccccc2)n1C. The minimum atomic E-state index is -0.250. The van der Waals surface area contributed by atoms with E-state index in [1.165, 1.54) is 11.3 Å². The van der Waals surface area contributed by atoms with Gasteiger partial charge in [-0.05, 0) is 43.3 Å². The summed E-state index contributed by atoms with van der Waals surface area (Å²) in [6.07, 6.45) is 1.17. The maximum Gasteiger partial charge on any atom is 0.295 e. The molecule has 0 saturated carbocycles. The number of nitrogens with one attached hydrogen (secondary N) is 1. The Bertz CT molecular complexity index is 1110. The summed E-state index contributed by atoms with van der Waals surface area (Å²) in [5.41, 5.74) is 1.50. The van der Waals surface area contributed by atoms with Crippen LogP contribution in [0.25, 0.3) is 5.69 Å². The van der Waals surface area contributed by atoms with Crippen LogP contribution in [0.2, 0.25) is 0 Å². The number of likely N-dealkylation sites (tertiary alicyclic amines) is 1. The molecule has 1 saturated heterocycles. The molecule has 0 spiro atoms. The molecule has 30 heavy (non-hydrogen) atoms. The Morgan fingerprint density at radius 2 is 1.77 bits per heavy atom. The van der Waals surface area contributed by atoms with Gasteiger partial charge in [0.2, 0.25) is 5.91 Å². The van der Waals surface area contributed by atoms with Crippen molar-refractivity contribution in [3.63, 3.8) is 0 Å². The molecule has 2 amide bonds. The van der Waals surface area contributed by atoms with Crippen LogP contribution in [0.5, 0.6) is 0 Å². The fraction of sp³-hybridized carbons (Fsp3) is 0.318. The minimum Gasteiger partial charge on any atom is -0.338 e. The Balaban J connectivity index is 1.45. The van der Waals surface area contributed by atoms with Crippen molar-refractivity contribution in [1.82, 2.24) is 14.3 Å². The number of anilines is 1. The number of piperidine rings is 1. The number of thiophene rings is 1. The molecule has 1 fully saturated rings. The standard InChI is InChI=1S/C22H24N4O3S/c1-15-19(22(29)26(24(15)2)17-7-4-3-5-8-17)23-20(27)16-10-12-25(13-11-16)21(28)18-9-6-14-30-18/h3-9,14,16H,10-13H2,1-2H3,(H,23,27). The van der Waals surface area contributed by atoms with Crippen molar-refractivity contribution in [2.45, 2.75) is 19.8 Å². The van der Waals surface area contributed by atoms with Gasteiger partial charge in [-0.15, -0.1) is 11.3 Å². The van der Waals surface area contributed by atoms with Crippen LogP contribution in [0.3, 0.4) is 0 Å². The summed E-state index contributed by atoms with van der Waals surface area (Å²) in [5, 5.41) is 4.74. The number of para-hydroxylation sites is 1. The van der Waals surface area contributed by atoms with Crippen LogP contribution >= 0.6 is 11.3 Å². The minimum absolute atomic E-state index is 0.0218. The van der Waals surface area contributed by atoms with Crippen LogP contribution in [0, 0.1) is 12.8 Å². The molecule has 2 aromatic heterocycles. The highest BCUT2D eigenvalue weighted by atomic mass is 32.1. The highest BCUT2D eigenvalue weighted by Crippen LogP contribution is 2.23. The van der Waals surface area contributed by atoms with Crippen molar-refractivity contribution < 1.29 is 9.59 Å². The van der Waals surface area contributed by atoms with Gasteiger partial charge >= 0.3 is 0 Å². The van der Waals surface area contributed by atoms with Gasteiger partial charge in [-0.25, -0.2) is 4.68 Å². The van der Waals surface area contributed by atoms with Crippen molar-refractivity contribution in [2.24, 2.45) is 13.0 Å². The molecule has 0 aliphatic carbocycles. The summed E-state index contributed by atoms with van der Waals surface area (Å²) < 4.78 is 3.29. The van der Waals surface area contributed by atoms with Crippen LogP contribution in [-0.2, 0) is 11.8 Å². The number of carbonyl (C=O) groups excluding carboxylic acids is 2. The van der Waals surface area contributed by atoms with E-state index in [4.69, 9.17) is 0 Å². The number of rotatable bonds is 4. The Morgan fingerprint density at radius 1 is 1.07 bits per heavy atom. The predicted molar refractivity (Wildman–Crippen MR) is 117 cm³/mol. The van der Waals surface area contributed by atoms with Gasteiger partial charge < -0.3 is 10.2 Å². The van der Waals surface area contributed by atoms with E-state index in [0.717, 1.165) is 10.6 Å². The van der Waals surface area contributed by atoms with Gasteiger partial charge in [-0.2, -0.15) is 0 Å². The van der Waals surface area contributed by atoms with E-state index < -0.39 is 0 Å². The molecule has 1 aliphatic rings. The number of nitrogens with zero attached hydrogens (tertiary/aromatic N) is 3. The van der Waals surface area contributed by atoms with E-state index in [1.54, 1.807) is 21.3 Å². The van der Waals surface area contributed by atoms with Gasteiger partial charge in [0.05, 0.1) is 16.3 Å². The zero-order valence-corrected chi connectivity index (χ0v) is 17.8. The molecule has 156 valence electrons. The normalized spacial score (nSPS) is 14.7. The van der Waals surface area contributed by atoms with E-state index in [2.05, 4.69) is 5.32 Å². The van der Waals surface area contributed by atoms with Crippen molar-refractivity contribution in [3.8, 4) is 5.69 Å². The number of hydrogen-bond acceptors (Lipinski definition) is 4. The van der Waals surface area contributed by atoms with E-state index in [-0.39, 0.29) is 23.3 Å². The second-order valence-corrected chi connectivity index (χ2v) is 8.42. The number of hydrogen-bond donors (Lipinski definition) is 1. The second kappa shape index (κ2) is 8.31. The third kappa shape index (κ3) is 3.70. The molecule has 3 heterocycles. The lowest BCUT2D eigenvalue weighted by Crippen LogP contribution is -2.41. The molecule has 0 bridgehead atoms. The lowest BCUT2D eigenvalue weighted by atomic mass is 9.95. The molecular formula is C22H24N4O3S. The maximum atomic E-state index is 13.0. The summed E-state index contributed by atoms with van der Waals surface area (Å²) >= 11 is 1.43. The summed E-state index contributed by atoms with van der Waals surface area (Å²) in [5.74, 6) is -0.362. The fourth-order valence-electron chi connectivity index (χ4n) is 3.84. The third-order valence-corrected chi connectivity index (χ3v) is 6.55. The first-order valence-electron chi connectivity index (χ1n) is 9.95. The van der Waals surface area contributed by atoms with E-state index >= 15 is 0 Å². The highest BCUT2D eigenvalue weighted by Gasteiger charge is 2.29. The molecule has 1 aliphatic heterocycles. The quantitative estimate of drug-likeness (QED) is 0.699. The molecular weight excluding hydrogens is 400 g/mol. The Labute approximate surface area is 178 Å². The Hall–Kier alpha value is -3.13. The van der Waals surface area contributed by atoms with Crippen LogP contribution in [0.15, 0.2) is 52.6 Å². The molecule has 0 atom stereocenters. The number of carbonyl (C=O) groups is 2. The van der Waals surface area contributed by atoms with Crippen molar-refractivity contribution in [2.75, 3.05) is 18.4 Å². The first-order valence-corrected chi connectivity index (χ1v) is 10.8. The van der Waals surface area contributed by atoms with Crippen molar-refractivity contribution in [1.29, 1.82) is 0 Å². The molecule has 1 aromatic carbocycles. The van der Waals surface area contributed by atoms with Gasteiger partial charge in [-0.1, -0.05) is 24.3 Å². The molecule has 8 heteroatoms. The topological polar surface area (TPSA) is 76.3 Å². The van der Waals surface area contributed by atoms with E-state index in [0.29, 0.717) is 37.3 Å². The zero-order valence-electron chi connectivity index (χ0n) is 17.0. The summed E-state index contributed by atoms with van der Waals surface area (Å²) in [7, 11) is 1.80. The molecule has 0 radical (unpaired) electrons. The second-order valence-electron chi connectivity index (χ2n) is 7.47. The summed E-state index contributed by atoms with van der Waals surface area (Å²) in [6.45, 7) is 2.90. The van der Waals surface area contributed by atoms with Crippen molar-refractivity contribution in [3.05, 3.63) is 68.8 Å². The number of amides is 2. The summed E-state index contributed by atoms with van der Waals surface area (Å²) in [6, 6.07) is 13.0. The van der Waals surface area contributed by atoms with E-state index in [9.17, 15) is 14.4 Å². The lowest BCUT2D eigenvalue weighted by Gasteiger charge is -2.31. The van der Waals surface area contributed by atoms with Gasteiger partial charge in [0.1, 0.15) is 5.69 Å². The van der Waals surface area contributed by atoms with Crippen LogP contribution < -0.4 is 10.9 Å².